The van der Waals surface area contributed by atoms with Gasteiger partial charge in [0.2, 0.25) is 0 Å². The van der Waals surface area contributed by atoms with E-state index in [0.29, 0.717) is 0 Å². The number of furan rings is 1. The lowest BCUT2D eigenvalue weighted by atomic mass is 9.90. The highest BCUT2D eigenvalue weighted by molar-refractivity contribution is 6.10. The maximum atomic E-state index is 6.32. The summed E-state index contributed by atoms with van der Waals surface area (Å²) in [6.45, 7) is 0. The minimum Gasteiger partial charge on any atom is -0.456 e. The summed E-state index contributed by atoms with van der Waals surface area (Å²) in [7, 11) is 0. The van der Waals surface area contributed by atoms with Crippen LogP contribution in [-0.2, 0) is 0 Å². The number of hydrogen-bond donors (Lipinski definition) is 0. The number of nitrogens with zero attached hydrogens (tertiary/aromatic N) is 1. The van der Waals surface area contributed by atoms with Crippen molar-refractivity contribution in [3.05, 3.63) is 152 Å². The molecule has 0 saturated heterocycles. The largest absolute Gasteiger partial charge is 0.456 e. The van der Waals surface area contributed by atoms with Gasteiger partial charge in [-0.1, -0.05) is 91.0 Å². The van der Waals surface area contributed by atoms with E-state index in [9.17, 15) is 0 Å². The van der Waals surface area contributed by atoms with E-state index in [1.807, 2.05) is 30.3 Å². The van der Waals surface area contributed by atoms with Crippen LogP contribution in [-0.4, -0.2) is 0 Å². The third-order valence-electron chi connectivity index (χ3n) is 8.47. The quantitative estimate of drug-likeness (QED) is 0.218. The monoisotopic (exact) mass is 551 g/mol. The molecule has 8 aromatic rings. The Kier molecular flexibility index (Phi) is 5.20. The second-order valence-corrected chi connectivity index (χ2v) is 10.9. The fourth-order valence-electron chi connectivity index (χ4n) is 6.50. The molecule has 0 radical (unpaired) electrons. The van der Waals surface area contributed by atoms with E-state index in [-0.39, 0.29) is 0 Å². The van der Waals surface area contributed by atoms with Crippen LogP contribution < -0.4 is 9.64 Å². The Morgan fingerprint density at radius 3 is 1.98 bits per heavy atom. The Morgan fingerprint density at radius 2 is 1.07 bits per heavy atom. The van der Waals surface area contributed by atoms with Crippen LogP contribution in [0.3, 0.4) is 0 Å². The van der Waals surface area contributed by atoms with Gasteiger partial charge in [-0.25, -0.2) is 0 Å². The van der Waals surface area contributed by atoms with Crippen molar-refractivity contribution < 1.29 is 9.15 Å². The number of ether oxygens (including phenoxy) is 1. The van der Waals surface area contributed by atoms with Crippen LogP contribution in [0, 0.1) is 0 Å². The topological polar surface area (TPSA) is 25.6 Å². The molecule has 2 heterocycles. The lowest BCUT2D eigenvalue weighted by Crippen LogP contribution is -2.09. The van der Waals surface area contributed by atoms with Gasteiger partial charge in [-0.05, 0) is 76.7 Å². The lowest BCUT2D eigenvalue weighted by Gasteiger charge is -2.26. The molecule has 7 aromatic carbocycles. The SMILES string of the molecule is c1ccc(N(c2ccc(-c3ccc4c5c(cccc35)Oc3ccccc3-4)cc2)c2ccc3c(c2)oc2ccccc23)cc1. The summed E-state index contributed by atoms with van der Waals surface area (Å²) in [6, 6.07) is 53.1. The van der Waals surface area contributed by atoms with E-state index in [4.69, 9.17) is 9.15 Å². The number of rotatable bonds is 4. The second kappa shape index (κ2) is 9.37. The molecule has 0 amide bonds. The Balaban J connectivity index is 1.16. The molecule has 3 nitrogen and oxygen atoms in total. The van der Waals surface area contributed by atoms with Gasteiger partial charge in [0.05, 0.1) is 0 Å². The summed E-state index contributed by atoms with van der Waals surface area (Å²) in [4.78, 5) is 2.28. The zero-order chi connectivity index (χ0) is 28.3. The molecule has 0 N–H and O–H groups in total. The molecule has 1 aliphatic rings. The summed E-state index contributed by atoms with van der Waals surface area (Å²) in [5, 5.41) is 4.60. The first-order chi connectivity index (χ1) is 21.3. The van der Waals surface area contributed by atoms with Gasteiger partial charge in [0, 0.05) is 44.9 Å². The summed E-state index contributed by atoms with van der Waals surface area (Å²) in [5.74, 6) is 1.81. The van der Waals surface area contributed by atoms with Crippen LogP contribution >= 0.6 is 0 Å². The van der Waals surface area contributed by atoms with E-state index in [2.05, 4.69) is 126 Å². The first-order valence-corrected chi connectivity index (χ1v) is 14.5. The van der Waals surface area contributed by atoms with Gasteiger partial charge in [0.15, 0.2) is 0 Å². The van der Waals surface area contributed by atoms with Gasteiger partial charge < -0.3 is 14.1 Å². The molecule has 0 saturated carbocycles. The predicted octanol–water partition coefficient (Wildman–Crippen LogP) is 11.6. The Bertz CT molecular complexity index is 2320. The van der Waals surface area contributed by atoms with Gasteiger partial charge in [0.1, 0.15) is 22.7 Å². The average molecular weight is 552 g/mol. The summed E-state index contributed by atoms with van der Waals surface area (Å²) < 4.78 is 12.6. The zero-order valence-electron chi connectivity index (χ0n) is 23.2. The highest BCUT2D eigenvalue weighted by atomic mass is 16.5. The van der Waals surface area contributed by atoms with E-state index >= 15 is 0 Å². The van der Waals surface area contributed by atoms with Crippen LogP contribution in [0.2, 0.25) is 0 Å². The normalized spacial score (nSPS) is 11.9. The van der Waals surface area contributed by atoms with Gasteiger partial charge in [-0.3, -0.25) is 0 Å². The van der Waals surface area contributed by atoms with Gasteiger partial charge >= 0.3 is 0 Å². The van der Waals surface area contributed by atoms with Crippen molar-refractivity contribution in [2.75, 3.05) is 4.90 Å². The maximum absolute atomic E-state index is 6.32. The first kappa shape index (κ1) is 23.9. The third kappa shape index (κ3) is 3.75. The summed E-state index contributed by atoms with van der Waals surface area (Å²) >= 11 is 0. The predicted molar refractivity (Wildman–Crippen MR) is 177 cm³/mol. The van der Waals surface area contributed by atoms with Crippen molar-refractivity contribution in [2.24, 2.45) is 0 Å². The molecule has 0 aliphatic carbocycles. The van der Waals surface area contributed by atoms with Crippen LogP contribution in [0.25, 0.3) is 55.0 Å². The van der Waals surface area contributed by atoms with E-state index in [1.54, 1.807) is 0 Å². The summed E-state index contributed by atoms with van der Waals surface area (Å²) in [6.07, 6.45) is 0. The highest BCUT2D eigenvalue weighted by Gasteiger charge is 2.21. The second-order valence-electron chi connectivity index (χ2n) is 10.9. The van der Waals surface area contributed by atoms with Gasteiger partial charge in [-0.15, -0.1) is 0 Å². The molecular weight excluding hydrogens is 526 g/mol. The fraction of sp³-hybridized carbons (Fsp3) is 0. The van der Waals surface area contributed by atoms with Crippen molar-refractivity contribution in [3.8, 4) is 33.8 Å². The van der Waals surface area contributed by atoms with Crippen LogP contribution in [0.4, 0.5) is 17.1 Å². The molecule has 202 valence electrons. The standard InChI is InChI=1S/C40H25NO2/c1-2-9-27(10-3-1)41(29-21-22-33-31-11-4-6-14-36(31)43-39(33)25-29)28-19-17-26(18-20-28)30-23-24-35-32-12-5-7-15-37(32)42-38-16-8-13-34(30)40(35)38/h1-25H. The molecule has 0 bridgehead atoms. The molecule has 1 aliphatic heterocycles. The Labute approximate surface area is 248 Å². The number of benzene rings is 7. The number of anilines is 3. The molecule has 9 rings (SSSR count). The molecule has 3 heteroatoms. The molecule has 0 fully saturated rings. The highest BCUT2D eigenvalue weighted by Crippen LogP contribution is 2.48. The Morgan fingerprint density at radius 1 is 0.395 bits per heavy atom. The molecule has 0 spiro atoms. The van der Waals surface area contributed by atoms with E-state index in [0.717, 1.165) is 67.0 Å². The minimum absolute atomic E-state index is 0.879. The smallest absolute Gasteiger partial charge is 0.137 e. The van der Waals surface area contributed by atoms with Crippen molar-refractivity contribution in [1.29, 1.82) is 0 Å². The van der Waals surface area contributed by atoms with Gasteiger partial charge in [0.25, 0.3) is 0 Å². The molecule has 1 aromatic heterocycles. The number of fused-ring (bicyclic) bond motifs is 5. The average Bonchev–Trinajstić information content (AvgIpc) is 3.44. The molecule has 0 unspecified atom stereocenters. The van der Waals surface area contributed by atoms with E-state index in [1.165, 1.54) is 16.5 Å². The van der Waals surface area contributed by atoms with E-state index < -0.39 is 0 Å². The van der Waals surface area contributed by atoms with Crippen molar-refractivity contribution in [2.45, 2.75) is 0 Å². The fourth-order valence-corrected chi connectivity index (χ4v) is 6.50. The lowest BCUT2D eigenvalue weighted by molar-refractivity contribution is 0.487. The third-order valence-corrected chi connectivity index (χ3v) is 8.47. The molecular formula is C40H25NO2. The zero-order valence-corrected chi connectivity index (χ0v) is 23.2. The van der Waals surface area contributed by atoms with Crippen LogP contribution in [0.5, 0.6) is 11.5 Å². The molecule has 43 heavy (non-hydrogen) atoms. The van der Waals surface area contributed by atoms with Crippen molar-refractivity contribution >= 4 is 49.8 Å². The van der Waals surface area contributed by atoms with Crippen LogP contribution in [0.15, 0.2) is 156 Å². The minimum atomic E-state index is 0.879. The first-order valence-electron chi connectivity index (χ1n) is 14.5. The maximum Gasteiger partial charge on any atom is 0.137 e. The molecule has 0 atom stereocenters. The van der Waals surface area contributed by atoms with Crippen molar-refractivity contribution in [3.63, 3.8) is 0 Å². The number of hydrogen-bond acceptors (Lipinski definition) is 3. The van der Waals surface area contributed by atoms with Crippen molar-refractivity contribution in [1.82, 2.24) is 0 Å². The summed E-state index contributed by atoms with van der Waals surface area (Å²) in [5.41, 5.74) is 9.68. The Hall–Kier alpha value is -5.80. The van der Waals surface area contributed by atoms with Crippen LogP contribution in [0.1, 0.15) is 0 Å². The van der Waals surface area contributed by atoms with Gasteiger partial charge in [-0.2, -0.15) is 0 Å². The number of para-hydroxylation sites is 3.